The lowest BCUT2D eigenvalue weighted by Gasteiger charge is -2.64. The molecule has 4 N–H and O–H groups in total. The first kappa shape index (κ1) is 22.5. The Bertz CT molecular complexity index is 666. The molecule has 1 unspecified atom stereocenters. The van der Waals surface area contributed by atoms with Crippen LogP contribution in [0.5, 0.6) is 0 Å². The summed E-state index contributed by atoms with van der Waals surface area (Å²) in [6.07, 6.45) is 5.10. The summed E-state index contributed by atoms with van der Waals surface area (Å²) in [6.45, 7) is 9.01. The monoisotopic (exact) mass is 422 g/mol. The maximum Gasteiger partial charge on any atom is 0.309 e. The molecule has 4 saturated carbocycles. The van der Waals surface area contributed by atoms with E-state index >= 15 is 0 Å². The van der Waals surface area contributed by atoms with Gasteiger partial charge in [-0.1, -0.05) is 40.5 Å². The molecule has 0 spiro atoms. The van der Waals surface area contributed by atoms with Crippen molar-refractivity contribution in [2.24, 2.45) is 52.3 Å². The van der Waals surface area contributed by atoms with E-state index in [-0.39, 0.29) is 28.6 Å². The molecule has 0 heterocycles. The van der Waals surface area contributed by atoms with E-state index in [4.69, 9.17) is 0 Å². The number of carboxylic acids is 1. The third-order valence-electron chi connectivity index (χ3n) is 10.7. The molecule has 0 aromatic rings. The summed E-state index contributed by atoms with van der Waals surface area (Å²) in [7, 11) is 0. The van der Waals surface area contributed by atoms with Gasteiger partial charge in [0.1, 0.15) is 0 Å². The van der Waals surface area contributed by atoms with Crippen LogP contribution in [0.1, 0.15) is 79.1 Å². The molecular weight excluding hydrogens is 380 g/mol. The van der Waals surface area contributed by atoms with Crippen molar-refractivity contribution >= 4 is 5.97 Å². The van der Waals surface area contributed by atoms with E-state index in [9.17, 15) is 25.2 Å². The summed E-state index contributed by atoms with van der Waals surface area (Å²) in [5, 5.41) is 43.2. The second-order valence-corrected chi connectivity index (χ2v) is 11.7. The number of hydrogen-bond donors (Lipinski definition) is 4. The molecule has 5 heteroatoms. The molecule has 5 nitrogen and oxygen atoms in total. The number of rotatable bonds is 4. The average Bonchev–Trinajstić information content (AvgIpc) is 3.02. The molecular formula is C25H42O5. The van der Waals surface area contributed by atoms with Crippen molar-refractivity contribution < 1.29 is 25.2 Å². The zero-order valence-electron chi connectivity index (χ0n) is 19.1. The van der Waals surface area contributed by atoms with Gasteiger partial charge in [0.2, 0.25) is 0 Å². The van der Waals surface area contributed by atoms with Crippen LogP contribution in [0, 0.1) is 52.3 Å². The van der Waals surface area contributed by atoms with Crippen LogP contribution in [0.4, 0.5) is 0 Å². The largest absolute Gasteiger partial charge is 0.481 e. The lowest BCUT2D eigenvalue weighted by atomic mass is 9.41. The molecule has 30 heavy (non-hydrogen) atoms. The van der Waals surface area contributed by atoms with Gasteiger partial charge < -0.3 is 20.4 Å². The molecule has 4 fully saturated rings. The molecule has 172 valence electrons. The number of aliphatic carboxylic acids is 1. The van der Waals surface area contributed by atoms with Crippen molar-refractivity contribution in [3.05, 3.63) is 0 Å². The summed E-state index contributed by atoms with van der Waals surface area (Å²) in [5.41, 5.74) is -0.415. The van der Waals surface area contributed by atoms with Crippen molar-refractivity contribution in [3.63, 3.8) is 0 Å². The van der Waals surface area contributed by atoms with Crippen molar-refractivity contribution in [2.45, 2.75) is 97.4 Å². The van der Waals surface area contributed by atoms with Gasteiger partial charge in [-0.15, -0.1) is 0 Å². The summed E-state index contributed by atoms with van der Waals surface area (Å²) in [4.78, 5) is 12.0. The van der Waals surface area contributed by atoms with Crippen LogP contribution >= 0.6 is 0 Å². The van der Waals surface area contributed by atoms with Crippen LogP contribution in [0.15, 0.2) is 0 Å². The van der Waals surface area contributed by atoms with Crippen LogP contribution in [-0.2, 0) is 4.79 Å². The van der Waals surface area contributed by atoms with Gasteiger partial charge >= 0.3 is 5.97 Å². The van der Waals surface area contributed by atoms with Crippen LogP contribution in [0.2, 0.25) is 0 Å². The highest BCUT2D eigenvalue weighted by Crippen LogP contribution is 2.69. The Labute approximate surface area is 181 Å². The lowest BCUT2D eigenvalue weighted by molar-refractivity contribution is -0.221. The first-order valence-electron chi connectivity index (χ1n) is 12.3. The Hall–Kier alpha value is -0.650. The van der Waals surface area contributed by atoms with E-state index in [1.165, 1.54) is 6.42 Å². The minimum absolute atomic E-state index is 0.119. The third-order valence-corrected chi connectivity index (χ3v) is 10.7. The number of fused-ring (bicyclic) bond motifs is 5. The molecule has 12 atom stereocenters. The molecule has 4 rings (SSSR count). The Morgan fingerprint density at radius 2 is 1.70 bits per heavy atom. The number of aliphatic hydroxyl groups excluding tert-OH is 3. The summed E-state index contributed by atoms with van der Waals surface area (Å²) in [6, 6.07) is 0. The van der Waals surface area contributed by atoms with Gasteiger partial charge in [-0.25, -0.2) is 0 Å². The van der Waals surface area contributed by atoms with Crippen LogP contribution < -0.4 is 0 Å². The van der Waals surface area contributed by atoms with Crippen LogP contribution in [0.3, 0.4) is 0 Å². The normalized spacial score (nSPS) is 54.0. The molecule has 0 aromatic carbocycles. The van der Waals surface area contributed by atoms with Crippen LogP contribution in [0.25, 0.3) is 0 Å². The Balaban J connectivity index is 1.69. The maximum absolute atomic E-state index is 12.0. The number of aliphatic hydroxyl groups is 3. The first-order valence-corrected chi connectivity index (χ1v) is 12.3. The maximum atomic E-state index is 12.0. The van der Waals surface area contributed by atoms with E-state index in [0.717, 1.165) is 25.7 Å². The van der Waals surface area contributed by atoms with E-state index in [1.54, 1.807) is 0 Å². The predicted octanol–water partition coefficient (Wildman–Crippen LogP) is 3.69. The summed E-state index contributed by atoms with van der Waals surface area (Å²) in [5.74, 6) is -0.402. The van der Waals surface area contributed by atoms with E-state index < -0.39 is 30.2 Å². The highest BCUT2D eigenvalue weighted by Gasteiger charge is 2.67. The minimum atomic E-state index is -0.945. The fraction of sp³-hybridized carbons (Fsp3) is 0.960. The van der Waals surface area contributed by atoms with Gasteiger partial charge in [0.05, 0.1) is 24.2 Å². The number of carbonyl (C=O) groups is 1. The zero-order chi connectivity index (χ0) is 22.0. The summed E-state index contributed by atoms with van der Waals surface area (Å²) < 4.78 is 0. The fourth-order valence-electron chi connectivity index (χ4n) is 9.22. The van der Waals surface area contributed by atoms with Crippen LogP contribution in [-0.4, -0.2) is 44.7 Å². The predicted molar refractivity (Wildman–Crippen MR) is 115 cm³/mol. The standard InChI is InChI=1S/C25H42O5/c1-5-6-13(2)14-7-8-15-21-17(12-20(28)25(14,15)4)24(3)10-9-18(26)22(23(29)30)16(24)11-19(21)27/h13-22,26-28H,5-12H2,1-4H3,(H,29,30)/t13-,14-,15+,16-,17+,18-,19-,20+,21+,22?,24+,25-/m1/s1. The van der Waals surface area contributed by atoms with Gasteiger partial charge in [0.15, 0.2) is 0 Å². The average molecular weight is 423 g/mol. The van der Waals surface area contributed by atoms with E-state index in [2.05, 4.69) is 27.7 Å². The molecule has 4 aliphatic rings. The van der Waals surface area contributed by atoms with Gasteiger partial charge in [0, 0.05) is 0 Å². The SMILES string of the molecule is CCC[C@@H](C)[C@H]1CC[C@H]2[C@@H]3[C@H](O)C[C@@H]4C(C(=O)O)[C@H](O)CC[C@]4(C)[C@H]3C[C@H](O)[C@]12C. The van der Waals surface area contributed by atoms with E-state index in [0.29, 0.717) is 37.0 Å². The molecule has 0 radical (unpaired) electrons. The highest BCUT2D eigenvalue weighted by molar-refractivity contribution is 5.71. The second-order valence-electron chi connectivity index (χ2n) is 11.7. The second kappa shape index (κ2) is 7.74. The molecule has 0 amide bonds. The van der Waals surface area contributed by atoms with Gasteiger partial charge in [-0.05, 0) is 84.9 Å². The fourth-order valence-corrected chi connectivity index (χ4v) is 9.22. The highest BCUT2D eigenvalue weighted by atomic mass is 16.4. The number of carboxylic acid groups (broad SMARTS) is 1. The van der Waals surface area contributed by atoms with Crippen molar-refractivity contribution in [2.75, 3.05) is 0 Å². The lowest BCUT2D eigenvalue weighted by Crippen LogP contribution is -2.64. The number of hydrogen-bond acceptors (Lipinski definition) is 4. The Morgan fingerprint density at radius 3 is 2.33 bits per heavy atom. The Kier molecular flexibility index (Phi) is 5.81. The quantitative estimate of drug-likeness (QED) is 0.554. The van der Waals surface area contributed by atoms with Gasteiger partial charge in [0.25, 0.3) is 0 Å². The smallest absolute Gasteiger partial charge is 0.309 e. The minimum Gasteiger partial charge on any atom is -0.481 e. The van der Waals surface area contributed by atoms with Gasteiger partial charge in [-0.2, -0.15) is 0 Å². The van der Waals surface area contributed by atoms with E-state index in [1.807, 2.05) is 0 Å². The van der Waals surface area contributed by atoms with Crippen molar-refractivity contribution in [1.29, 1.82) is 0 Å². The molecule has 0 aliphatic heterocycles. The third kappa shape index (κ3) is 3.02. The topological polar surface area (TPSA) is 98.0 Å². The molecule has 0 bridgehead atoms. The molecule has 0 aromatic heterocycles. The Morgan fingerprint density at radius 1 is 1.00 bits per heavy atom. The van der Waals surface area contributed by atoms with Crippen molar-refractivity contribution in [3.8, 4) is 0 Å². The van der Waals surface area contributed by atoms with Crippen molar-refractivity contribution in [1.82, 2.24) is 0 Å². The first-order chi connectivity index (χ1) is 14.1. The molecule has 0 saturated heterocycles. The van der Waals surface area contributed by atoms with Gasteiger partial charge in [-0.3, -0.25) is 4.79 Å². The molecule has 4 aliphatic carbocycles. The summed E-state index contributed by atoms with van der Waals surface area (Å²) >= 11 is 0. The zero-order valence-corrected chi connectivity index (χ0v) is 19.1.